The molecule has 0 aliphatic rings. The molecule has 2 nitrogen and oxygen atoms in total. The molecule has 0 aromatic heterocycles. The quantitative estimate of drug-likeness (QED) is 0.701. The van der Waals surface area contributed by atoms with Crippen LogP contribution in [-0.4, -0.2) is 12.5 Å². The first-order valence-corrected chi connectivity index (χ1v) is 7.17. The third-order valence-corrected chi connectivity index (χ3v) is 3.16. The fourth-order valence-corrected chi connectivity index (χ4v) is 2.06. The number of carbonyl (C=O) groups excluding carboxylic acids is 1. The van der Waals surface area contributed by atoms with E-state index in [0.717, 1.165) is 17.1 Å². The summed E-state index contributed by atoms with van der Waals surface area (Å²) in [6, 6.07) is 17.3. The van der Waals surface area contributed by atoms with E-state index in [1.165, 1.54) is 0 Å². The predicted molar refractivity (Wildman–Crippen MR) is 81.5 cm³/mol. The van der Waals surface area contributed by atoms with Crippen LogP contribution in [0.1, 0.15) is 24.8 Å². The molecule has 0 saturated carbocycles. The lowest BCUT2D eigenvalue weighted by atomic mass is 10.1. The van der Waals surface area contributed by atoms with Gasteiger partial charge in [0.25, 0.3) is 0 Å². The molecule has 0 fully saturated rings. The van der Waals surface area contributed by atoms with Crippen molar-refractivity contribution in [3.63, 3.8) is 0 Å². The van der Waals surface area contributed by atoms with Crippen LogP contribution in [0.25, 0.3) is 0 Å². The van der Waals surface area contributed by atoms with Crippen molar-refractivity contribution in [2.75, 3.05) is 6.67 Å². The highest BCUT2D eigenvalue weighted by Gasteiger charge is 2.04. The molecule has 0 amide bonds. The van der Waals surface area contributed by atoms with E-state index in [1.54, 1.807) is 0 Å². The molecule has 110 valence electrons. The maximum Gasteiger partial charge on any atom is 0.133 e. The van der Waals surface area contributed by atoms with E-state index in [4.69, 9.17) is 4.74 Å². The van der Waals surface area contributed by atoms with E-state index < -0.39 is 6.67 Å². The molecule has 0 aliphatic carbocycles. The molecule has 0 N–H and O–H groups in total. The van der Waals surface area contributed by atoms with Crippen molar-refractivity contribution >= 4 is 5.78 Å². The summed E-state index contributed by atoms with van der Waals surface area (Å²) >= 11 is 0. The van der Waals surface area contributed by atoms with E-state index in [9.17, 15) is 9.18 Å². The number of halogens is 1. The molecule has 2 aromatic carbocycles. The topological polar surface area (TPSA) is 26.3 Å². The van der Waals surface area contributed by atoms with Gasteiger partial charge in [0.2, 0.25) is 0 Å². The molecule has 0 aliphatic heterocycles. The van der Waals surface area contributed by atoms with Gasteiger partial charge in [-0.15, -0.1) is 0 Å². The van der Waals surface area contributed by atoms with Crippen molar-refractivity contribution in [2.45, 2.75) is 25.7 Å². The van der Waals surface area contributed by atoms with Crippen LogP contribution in [0.2, 0.25) is 0 Å². The SMILES string of the molecule is O=C(CCCF)CCc1cccc(Oc2ccccc2)c1. The smallest absolute Gasteiger partial charge is 0.133 e. The number of hydrogen-bond donors (Lipinski definition) is 0. The van der Waals surface area contributed by atoms with Crippen LogP contribution >= 0.6 is 0 Å². The van der Waals surface area contributed by atoms with Crippen molar-refractivity contribution < 1.29 is 13.9 Å². The summed E-state index contributed by atoms with van der Waals surface area (Å²) in [7, 11) is 0. The highest BCUT2D eigenvalue weighted by atomic mass is 19.1. The Labute approximate surface area is 124 Å². The summed E-state index contributed by atoms with van der Waals surface area (Å²) in [5.41, 5.74) is 1.05. The Morgan fingerprint density at radius 3 is 2.48 bits per heavy atom. The Morgan fingerprint density at radius 1 is 0.952 bits per heavy atom. The Kier molecular flexibility index (Phi) is 5.95. The molecule has 0 unspecified atom stereocenters. The molecule has 0 atom stereocenters. The Balaban J connectivity index is 1.90. The van der Waals surface area contributed by atoms with E-state index in [1.807, 2.05) is 54.6 Å². The number of aryl methyl sites for hydroxylation is 1. The molecule has 3 heteroatoms. The normalized spacial score (nSPS) is 10.3. The zero-order valence-electron chi connectivity index (χ0n) is 11.9. The third-order valence-electron chi connectivity index (χ3n) is 3.16. The first-order chi connectivity index (χ1) is 10.3. The first kappa shape index (κ1) is 15.2. The number of Topliss-reactive ketones (excluding diaryl/α,β-unsaturated/α-hetero) is 1. The Bertz CT molecular complexity index is 566. The van der Waals surface area contributed by atoms with Gasteiger partial charge in [-0.05, 0) is 42.7 Å². The number of alkyl halides is 1. The molecule has 0 spiro atoms. The maximum atomic E-state index is 12.0. The van der Waals surface area contributed by atoms with Crippen LogP contribution in [0.5, 0.6) is 11.5 Å². The van der Waals surface area contributed by atoms with Gasteiger partial charge in [-0.1, -0.05) is 30.3 Å². The second kappa shape index (κ2) is 8.20. The molecule has 2 aromatic rings. The zero-order valence-corrected chi connectivity index (χ0v) is 11.9. The number of ether oxygens (including phenoxy) is 1. The molecule has 21 heavy (non-hydrogen) atoms. The highest BCUT2D eigenvalue weighted by Crippen LogP contribution is 2.22. The lowest BCUT2D eigenvalue weighted by molar-refractivity contribution is -0.119. The van der Waals surface area contributed by atoms with Crippen LogP contribution in [0.15, 0.2) is 54.6 Å². The van der Waals surface area contributed by atoms with Crippen LogP contribution in [0, 0.1) is 0 Å². The summed E-state index contributed by atoms with van der Waals surface area (Å²) in [5.74, 6) is 1.66. The van der Waals surface area contributed by atoms with E-state index >= 15 is 0 Å². The summed E-state index contributed by atoms with van der Waals surface area (Å²) in [6.07, 6.45) is 1.78. The minimum Gasteiger partial charge on any atom is -0.457 e. The number of carbonyl (C=O) groups is 1. The number of para-hydroxylation sites is 1. The predicted octanol–water partition coefficient (Wildman–Crippen LogP) is 4.73. The Morgan fingerprint density at radius 2 is 1.71 bits per heavy atom. The fourth-order valence-electron chi connectivity index (χ4n) is 2.06. The third kappa shape index (κ3) is 5.38. The van der Waals surface area contributed by atoms with Crippen LogP contribution in [-0.2, 0) is 11.2 Å². The largest absolute Gasteiger partial charge is 0.457 e. The van der Waals surface area contributed by atoms with Crippen molar-refractivity contribution in [3.05, 3.63) is 60.2 Å². The van der Waals surface area contributed by atoms with E-state index in [-0.39, 0.29) is 5.78 Å². The second-order valence-electron chi connectivity index (χ2n) is 4.89. The monoisotopic (exact) mass is 286 g/mol. The van der Waals surface area contributed by atoms with E-state index in [0.29, 0.717) is 25.7 Å². The average Bonchev–Trinajstić information content (AvgIpc) is 2.52. The van der Waals surface area contributed by atoms with Crippen molar-refractivity contribution in [1.29, 1.82) is 0 Å². The van der Waals surface area contributed by atoms with Gasteiger partial charge in [-0.3, -0.25) is 9.18 Å². The Hall–Kier alpha value is -2.16. The van der Waals surface area contributed by atoms with Crippen LogP contribution in [0.3, 0.4) is 0 Å². The fraction of sp³-hybridized carbons (Fsp3) is 0.278. The highest BCUT2D eigenvalue weighted by molar-refractivity contribution is 5.78. The van der Waals surface area contributed by atoms with Crippen molar-refractivity contribution in [3.8, 4) is 11.5 Å². The number of rotatable bonds is 8. The summed E-state index contributed by atoms with van der Waals surface area (Å²) < 4.78 is 17.8. The molecular formula is C18H19FO2. The molecule has 2 rings (SSSR count). The van der Waals surface area contributed by atoms with Gasteiger partial charge in [0.15, 0.2) is 0 Å². The van der Waals surface area contributed by atoms with Crippen LogP contribution < -0.4 is 4.74 Å². The minimum atomic E-state index is -0.424. The van der Waals surface area contributed by atoms with Crippen molar-refractivity contribution in [1.82, 2.24) is 0 Å². The zero-order chi connectivity index (χ0) is 14.9. The van der Waals surface area contributed by atoms with Gasteiger partial charge in [0.05, 0.1) is 6.67 Å². The van der Waals surface area contributed by atoms with Crippen LogP contribution in [0.4, 0.5) is 4.39 Å². The maximum absolute atomic E-state index is 12.0. The average molecular weight is 286 g/mol. The van der Waals surface area contributed by atoms with Crippen molar-refractivity contribution in [2.24, 2.45) is 0 Å². The molecule has 0 bridgehead atoms. The van der Waals surface area contributed by atoms with Gasteiger partial charge >= 0.3 is 0 Å². The standard InChI is InChI=1S/C18H19FO2/c19-13-5-7-16(20)12-11-15-6-4-10-18(14-15)21-17-8-2-1-3-9-17/h1-4,6,8-10,14H,5,7,11-13H2. The van der Waals surface area contributed by atoms with Gasteiger partial charge in [0, 0.05) is 12.8 Å². The molecule has 0 radical (unpaired) electrons. The van der Waals surface area contributed by atoms with Gasteiger partial charge in [-0.25, -0.2) is 0 Å². The van der Waals surface area contributed by atoms with Gasteiger partial charge < -0.3 is 4.74 Å². The summed E-state index contributed by atoms with van der Waals surface area (Å²) in [4.78, 5) is 11.6. The molecule has 0 heterocycles. The molecule has 0 saturated heterocycles. The lowest BCUT2D eigenvalue weighted by Gasteiger charge is -2.07. The lowest BCUT2D eigenvalue weighted by Crippen LogP contribution is -2.00. The number of hydrogen-bond acceptors (Lipinski definition) is 2. The number of ketones is 1. The first-order valence-electron chi connectivity index (χ1n) is 7.17. The summed E-state index contributed by atoms with van der Waals surface area (Å²) in [6.45, 7) is -0.424. The minimum absolute atomic E-state index is 0.113. The van der Waals surface area contributed by atoms with Gasteiger partial charge in [0.1, 0.15) is 17.3 Å². The van der Waals surface area contributed by atoms with Gasteiger partial charge in [-0.2, -0.15) is 0 Å². The molecular weight excluding hydrogens is 267 g/mol. The van der Waals surface area contributed by atoms with E-state index in [2.05, 4.69) is 0 Å². The summed E-state index contributed by atoms with van der Waals surface area (Å²) in [5, 5.41) is 0. The number of benzene rings is 2. The second-order valence-corrected chi connectivity index (χ2v) is 4.89.